The first-order chi connectivity index (χ1) is 16.0. The first-order valence-corrected chi connectivity index (χ1v) is 10.4. The molecule has 1 aromatic heterocycles. The number of carbonyl (C=O) groups is 1. The van der Waals surface area contributed by atoms with Gasteiger partial charge in [-0.2, -0.15) is 5.10 Å². The Balaban J connectivity index is 1.56. The summed E-state index contributed by atoms with van der Waals surface area (Å²) in [5, 5.41) is 18.0. The van der Waals surface area contributed by atoms with Crippen molar-refractivity contribution < 1.29 is 9.53 Å². The van der Waals surface area contributed by atoms with Crippen LogP contribution in [0.15, 0.2) is 72.0 Å². The third kappa shape index (κ3) is 4.77. The summed E-state index contributed by atoms with van der Waals surface area (Å²) < 4.78 is 5.80. The smallest absolute Gasteiger partial charge is 0.275 e. The van der Waals surface area contributed by atoms with Gasteiger partial charge in [0.15, 0.2) is 5.82 Å². The number of aromatic amines is 1. The molecule has 0 spiro atoms. The molecule has 168 valence electrons. The molecular weight excluding hydrogens is 420 g/mol. The molecule has 1 amide bonds. The summed E-state index contributed by atoms with van der Waals surface area (Å²) in [6.45, 7) is 4.35. The summed E-state index contributed by atoms with van der Waals surface area (Å²) in [6, 6.07) is 16.6. The van der Waals surface area contributed by atoms with Crippen LogP contribution in [0.2, 0.25) is 0 Å². The number of para-hydroxylation sites is 1. The van der Waals surface area contributed by atoms with Crippen LogP contribution in [0.1, 0.15) is 12.0 Å². The molecule has 5 N–H and O–H groups in total. The minimum atomic E-state index is -0.519. The molecule has 1 fully saturated rings. The van der Waals surface area contributed by atoms with Crippen molar-refractivity contribution in [2.24, 2.45) is 5.92 Å². The van der Waals surface area contributed by atoms with Crippen molar-refractivity contribution >= 4 is 28.8 Å². The largest absolute Gasteiger partial charge is 0.457 e. The Bertz CT molecular complexity index is 1240. The Labute approximate surface area is 190 Å². The Hall–Kier alpha value is -4.40. The fourth-order valence-corrected chi connectivity index (χ4v) is 3.75. The number of amides is 1. The first-order valence-electron chi connectivity index (χ1n) is 10.4. The van der Waals surface area contributed by atoms with Crippen LogP contribution in [0.5, 0.6) is 11.5 Å². The number of benzene rings is 2. The maximum Gasteiger partial charge on any atom is 0.275 e. The number of hydrogen-bond acceptors (Lipinski definition) is 7. The second kappa shape index (κ2) is 9.39. The van der Waals surface area contributed by atoms with E-state index in [0.717, 1.165) is 5.75 Å². The lowest BCUT2D eigenvalue weighted by molar-refractivity contribution is -0.125. The average molecular weight is 444 g/mol. The van der Waals surface area contributed by atoms with Gasteiger partial charge in [-0.25, -0.2) is 5.10 Å². The molecule has 2 aromatic carbocycles. The molecule has 1 atom stereocenters. The zero-order chi connectivity index (χ0) is 23.4. The maximum absolute atomic E-state index is 12.6. The number of H-pyrrole nitrogens is 1. The van der Waals surface area contributed by atoms with E-state index in [1.165, 1.54) is 6.08 Å². The normalized spacial score (nSPS) is 15.2. The van der Waals surface area contributed by atoms with E-state index in [1.54, 1.807) is 29.2 Å². The molecule has 9 nitrogen and oxygen atoms in total. The third-order valence-electron chi connectivity index (χ3n) is 5.47. The zero-order valence-corrected chi connectivity index (χ0v) is 17.9. The number of nitrogens with two attached hydrogens (primary N) is 1. The van der Waals surface area contributed by atoms with Crippen molar-refractivity contribution in [3.63, 3.8) is 0 Å². The SMILES string of the molecule is C=CC(=O)N1CCC(C(=N)c2c(Nc3ccc(Oc4ccccc4)cc3)c(N)n[nH]c2=O)C1. The summed E-state index contributed by atoms with van der Waals surface area (Å²) in [7, 11) is 0. The van der Waals surface area contributed by atoms with Gasteiger partial charge in [-0.15, -0.1) is 0 Å². The molecule has 33 heavy (non-hydrogen) atoms. The topological polar surface area (TPSA) is 137 Å². The number of ether oxygens (including phenoxy) is 1. The van der Waals surface area contributed by atoms with Gasteiger partial charge in [0, 0.05) is 24.7 Å². The van der Waals surface area contributed by atoms with Crippen LogP contribution in [0, 0.1) is 11.3 Å². The summed E-state index contributed by atoms with van der Waals surface area (Å²) in [6.07, 6.45) is 1.83. The number of nitrogen functional groups attached to an aromatic ring is 1. The number of anilines is 3. The average Bonchev–Trinajstić information content (AvgIpc) is 3.33. The Morgan fingerprint density at radius 3 is 2.61 bits per heavy atom. The molecule has 0 radical (unpaired) electrons. The van der Waals surface area contributed by atoms with E-state index in [1.807, 2.05) is 30.3 Å². The van der Waals surface area contributed by atoms with Gasteiger partial charge in [0.1, 0.15) is 11.5 Å². The molecule has 1 unspecified atom stereocenters. The highest BCUT2D eigenvalue weighted by Crippen LogP contribution is 2.29. The van der Waals surface area contributed by atoms with Crippen molar-refractivity contribution in [1.29, 1.82) is 5.41 Å². The molecular formula is C24H24N6O3. The molecule has 9 heteroatoms. The van der Waals surface area contributed by atoms with Gasteiger partial charge in [-0.1, -0.05) is 24.8 Å². The molecule has 0 saturated carbocycles. The third-order valence-corrected chi connectivity index (χ3v) is 5.47. The number of likely N-dealkylation sites (tertiary alicyclic amines) is 1. The van der Waals surface area contributed by atoms with Gasteiger partial charge >= 0.3 is 0 Å². The molecule has 3 aromatic rings. The van der Waals surface area contributed by atoms with E-state index in [-0.39, 0.29) is 34.6 Å². The van der Waals surface area contributed by atoms with Crippen LogP contribution in [0.3, 0.4) is 0 Å². The lowest BCUT2D eigenvalue weighted by atomic mass is 9.96. The number of aromatic nitrogens is 2. The Morgan fingerprint density at radius 1 is 1.21 bits per heavy atom. The van der Waals surface area contributed by atoms with Gasteiger partial charge in [0.05, 0.1) is 17.0 Å². The van der Waals surface area contributed by atoms with E-state index in [2.05, 4.69) is 22.1 Å². The van der Waals surface area contributed by atoms with Crippen molar-refractivity contribution in [2.45, 2.75) is 6.42 Å². The van der Waals surface area contributed by atoms with Gasteiger partial charge < -0.3 is 26.1 Å². The van der Waals surface area contributed by atoms with Crippen LogP contribution < -0.4 is 21.3 Å². The summed E-state index contributed by atoms with van der Waals surface area (Å²) in [5.41, 5.74) is 6.67. The fourth-order valence-electron chi connectivity index (χ4n) is 3.75. The molecule has 2 heterocycles. The van der Waals surface area contributed by atoms with Crippen molar-refractivity contribution in [1.82, 2.24) is 15.1 Å². The van der Waals surface area contributed by atoms with Gasteiger partial charge in [0.25, 0.3) is 5.56 Å². The van der Waals surface area contributed by atoms with Gasteiger partial charge in [-0.05, 0) is 48.9 Å². The standard InChI is InChI=1S/C24H24N6O3/c1-2-19(31)30-13-12-15(14-30)21(25)20-22(23(26)28-29-24(20)32)27-16-8-10-18(11-9-16)33-17-6-4-3-5-7-17/h2-11,15,25H,1,12-14H2,(H2,26,28)(H2,27,29,32). The lowest BCUT2D eigenvalue weighted by Gasteiger charge is -2.18. The van der Waals surface area contributed by atoms with Crippen LogP contribution in [0.25, 0.3) is 0 Å². The number of nitrogens with one attached hydrogen (secondary N) is 3. The number of rotatable bonds is 7. The van der Waals surface area contributed by atoms with Crippen LogP contribution in [-0.2, 0) is 4.79 Å². The molecule has 0 bridgehead atoms. The minimum absolute atomic E-state index is 0.0657. The number of carbonyl (C=O) groups excluding carboxylic acids is 1. The quantitative estimate of drug-likeness (QED) is 0.326. The highest BCUT2D eigenvalue weighted by Gasteiger charge is 2.31. The van der Waals surface area contributed by atoms with E-state index >= 15 is 0 Å². The van der Waals surface area contributed by atoms with Crippen molar-refractivity contribution in [2.75, 3.05) is 24.1 Å². The van der Waals surface area contributed by atoms with E-state index < -0.39 is 5.56 Å². The first kappa shape index (κ1) is 21.8. The van der Waals surface area contributed by atoms with E-state index in [9.17, 15) is 9.59 Å². The van der Waals surface area contributed by atoms with Crippen LogP contribution in [0.4, 0.5) is 17.2 Å². The Kier molecular flexibility index (Phi) is 6.21. The molecule has 1 saturated heterocycles. The van der Waals surface area contributed by atoms with Gasteiger partial charge in [-0.3, -0.25) is 9.59 Å². The molecule has 1 aliphatic heterocycles. The van der Waals surface area contributed by atoms with E-state index in [4.69, 9.17) is 15.9 Å². The zero-order valence-electron chi connectivity index (χ0n) is 17.9. The minimum Gasteiger partial charge on any atom is -0.457 e. The van der Waals surface area contributed by atoms with Crippen LogP contribution in [-0.4, -0.2) is 39.8 Å². The van der Waals surface area contributed by atoms with Crippen LogP contribution >= 0.6 is 0 Å². The fraction of sp³-hybridized carbons (Fsp3) is 0.167. The molecule has 1 aliphatic rings. The second-order valence-electron chi connectivity index (χ2n) is 7.64. The van der Waals surface area contributed by atoms with Crippen molar-refractivity contribution in [3.8, 4) is 11.5 Å². The predicted octanol–water partition coefficient (Wildman–Crippen LogP) is 3.29. The monoisotopic (exact) mass is 444 g/mol. The highest BCUT2D eigenvalue weighted by atomic mass is 16.5. The Morgan fingerprint density at radius 2 is 1.91 bits per heavy atom. The highest BCUT2D eigenvalue weighted by molar-refractivity contribution is 6.07. The molecule has 0 aliphatic carbocycles. The van der Waals surface area contributed by atoms with E-state index in [0.29, 0.717) is 30.9 Å². The molecule has 4 rings (SSSR count). The number of nitrogens with zero attached hydrogens (tertiary/aromatic N) is 2. The number of hydrogen-bond donors (Lipinski definition) is 4. The summed E-state index contributed by atoms with van der Waals surface area (Å²) in [5.74, 6) is 0.951. The van der Waals surface area contributed by atoms with Crippen molar-refractivity contribution in [3.05, 3.63) is 83.2 Å². The lowest BCUT2D eigenvalue weighted by Crippen LogP contribution is -2.31. The van der Waals surface area contributed by atoms with Gasteiger partial charge in [0.2, 0.25) is 5.91 Å². The maximum atomic E-state index is 12.6. The summed E-state index contributed by atoms with van der Waals surface area (Å²) >= 11 is 0. The summed E-state index contributed by atoms with van der Waals surface area (Å²) in [4.78, 5) is 26.2. The predicted molar refractivity (Wildman–Crippen MR) is 127 cm³/mol. The second-order valence-corrected chi connectivity index (χ2v) is 7.64.